The first kappa shape index (κ1) is 16.0. The molecule has 0 amide bonds. The molecule has 0 heterocycles. The maximum Gasteiger partial charge on any atom is 0.105 e. The first-order chi connectivity index (χ1) is 9.40. The minimum Gasteiger partial charge on any atom is -0.389 e. The first-order valence-electron chi connectivity index (χ1n) is 5.40. The summed E-state index contributed by atoms with van der Waals surface area (Å²) in [6, 6.07) is 9.25. The number of benzene rings is 2. The van der Waals surface area contributed by atoms with Gasteiger partial charge in [-0.05, 0) is 62.2 Å². The van der Waals surface area contributed by atoms with Crippen LogP contribution in [0.3, 0.4) is 0 Å². The molecule has 0 aromatic heterocycles. The Balaban J connectivity index is 2.34. The van der Waals surface area contributed by atoms with E-state index in [0.29, 0.717) is 15.0 Å². The minimum absolute atomic E-state index is 0.341. The van der Waals surface area contributed by atoms with Gasteiger partial charge in [0.05, 0.1) is 15.7 Å². The van der Waals surface area contributed by atoms with E-state index in [4.69, 9.17) is 41.2 Å². The monoisotopic (exact) mass is 452 g/mol. The number of halogens is 4. The summed E-state index contributed by atoms with van der Waals surface area (Å²) in [4.78, 5) is 0.341. The number of thiocarbonyl (C=S) groups is 1. The molecule has 2 rings (SSSR count). The SMILES string of the molecule is NC(=S)c1ccc(Nc2ccc(Br)c(Cl)c2Cl)cc1Br. The Kier molecular flexibility index (Phi) is 5.31. The average Bonchev–Trinajstić information content (AvgIpc) is 2.39. The summed E-state index contributed by atoms with van der Waals surface area (Å²) in [5.41, 5.74) is 7.96. The van der Waals surface area contributed by atoms with Crippen molar-refractivity contribution in [3.63, 3.8) is 0 Å². The predicted octanol–water partition coefficient (Wildman–Crippen LogP) is 5.90. The molecule has 0 unspecified atom stereocenters. The molecule has 0 aliphatic carbocycles. The molecule has 0 atom stereocenters. The second-order valence-corrected chi connectivity index (χ2v) is 6.81. The van der Waals surface area contributed by atoms with Crippen LogP contribution in [0.1, 0.15) is 5.56 Å². The highest BCUT2D eigenvalue weighted by Crippen LogP contribution is 2.37. The summed E-state index contributed by atoms with van der Waals surface area (Å²) >= 11 is 24.0. The predicted molar refractivity (Wildman–Crippen MR) is 97.5 cm³/mol. The van der Waals surface area contributed by atoms with Crippen molar-refractivity contribution in [2.45, 2.75) is 0 Å². The van der Waals surface area contributed by atoms with E-state index in [1.54, 1.807) is 0 Å². The molecule has 104 valence electrons. The van der Waals surface area contributed by atoms with Crippen LogP contribution in [-0.4, -0.2) is 4.99 Å². The number of nitrogens with one attached hydrogen (secondary N) is 1. The molecule has 0 fully saturated rings. The topological polar surface area (TPSA) is 38.0 Å². The maximum atomic E-state index is 6.19. The lowest BCUT2D eigenvalue weighted by molar-refractivity contribution is 1.50. The smallest absolute Gasteiger partial charge is 0.105 e. The molecular formula is C13H8Br2Cl2N2S. The average molecular weight is 455 g/mol. The van der Waals surface area contributed by atoms with E-state index < -0.39 is 0 Å². The molecule has 2 aromatic rings. The lowest BCUT2D eigenvalue weighted by Gasteiger charge is -2.12. The minimum atomic E-state index is 0.341. The second kappa shape index (κ2) is 6.62. The highest BCUT2D eigenvalue weighted by atomic mass is 79.9. The van der Waals surface area contributed by atoms with Crippen molar-refractivity contribution >= 4 is 83.6 Å². The van der Waals surface area contributed by atoms with Gasteiger partial charge in [-0.2, -0.15) is 0 Å². The van der Waals surface area contributed by atoms with Crippen molar-refractivity contribution in [1.29, 1.82) is 0 Å². The Morgan fingerprint density at radius 3 is 2.35 bits per heavy atom. The van der Waals surface area contributed by atoms with Gasteiger partial charge in [0.25, 0.3) is 0 Å². The summed E-state index contributed by atoms with van der Waals surface area (Å²) in [7, 11) is 0. The van der Waals surface area contributed by atoms with Gasteiger partial charge in [0.2, 0.25) is 0 Å². The van der Waals surface area contributed by atoms with Crippen molar-refractivity contribution in [1.82, 2.24) is 0 Å². The quantitative estimate of drug-likeness (QED) is 0.448. The highest BCUT2D eigenvalue weighted by molar-refractivity contribution is 9.10. The highest BCUT2D eigenvalue weighted by Gasteiger charge is 2.10. The number of rotatable bonds is 3. The van der Waals surface area contributed by atoms with Crippen LogP contribution in [0, 0.1) is 0 Å². The Morgan fingerprint density at radius 2 is 1.75 bits per heavy atom. The zero-order chi connectivity index (χ0) is 14.9. The van der Waals surface area contributed by atoms with Gasteiger partial charge in [-0.25, -0.2) is 0 Å². The fourth-order valence-electron chi connectivity index (χ4n) is 1.57. The summed E-state index contributed by atoms with van der Waals surface area (Å²) in [6.45, 7) is 0. The molecular weight excluding hydrogens is 447 g/mol. The maximum absolute atomic E-state index is 6.19. The van der Waals surface area contributed by atoms with Crippen molar-refractivity contribution in [2.75, 3.05) is 5.32 Å². The van der Waals surface area contributed by atoms with Gasteiger partial charge in [0.15, 0.2) is 0 Å². The molecule has 0 saturated carbocycles. The van der Waals surface area contributed by atoms with Crippen LogP contribution in [0.4, 0.5) is 11.4 Å². The zero-order valence-corrected chi connectivity index (χ0v) is 15.4. The summed E-state index contributed by atoms with van der Waals surface area (Å²) < 4.78 is 1.56. The molecule has 2 nitrogen and oxygen atoms in total. The zero-order valence-electron chi connectivity index (χ0n) is 9.88. The van der Waals surface area contributed by atoms with E-state index in [1.165, 1.54) is 0 Å². The Hall–Kier alpha value is -0.330. The molecule has 0 radical (unpaired) electrons. The molecule has 20 heavy (non-hydrogen) atoms. The van der Waals surface area contributed by atoms with E-state index in [1.807, 2.05) is 30.3 Å². The molecule has 0 spiro atoms. The first-order valence-corrected chi connectivity index (χ1v) is 8.15. The fourth-order valence-corrected chi connectivity index (χ4v) is 3.29. The van der Waals surface area contributed by atoms with Crippen molar-refractivity contribution in [3.8, 4) is 0 Å². The molecule has 0 aliphatic heterocycles. The summed E-state index contributed by atoms with van der Waals surface area (Å²) in [5, 5.41) is 4.12. The molecule has 0 bridgehead atoms. The molecule has 0 saturated heterocycles. The van der Waals surface area contributed by atoms with Crippen LogP contribution in [0.25, 0.3) is 0 Å². The lowest BCUT2D eigenvalue weighted by atomic mass is 10.2. The Morgan fingerprint density at radius 1 is 1.05 bits per heavy atom. The van der Waals surface area contributed by atoms with Crippen molar-refractivity contribution < 1.29 is 0 Å². The van der Waals surface area contributed by atoms with Gasteiger partial charge < -0.3 is 11.1 Å². The van der Waals surface area contributed by atoms with E-state index >= 15 is 0 Å². The third-order valence-corrected chi connectivity index (χ3v) is 5.20. The number of hydrogen-bond donors (Lipinski definition) is 2. The molecule has 3 N–H and O–H groups in total. The van der Waals surface area contributed by atoms with Crippen LogP contribution in [0.2, 0.25) is 10.0 Å². The fraction of sp³-hybridized carbons (Fsp3) is 0. The van der Waals surface area contributed by atoms with Gasteiger partial charge in [0, 0.05) is 20.2 Å². The van der Waals surface area contributed by atoms with E-state index in [2.05, 4.69) is 37.2 Å². The van der Waals surface area contributed by atoms with Crippen LogP contribution in [0.5, 0.6) is 0 Å². The number of anilines is 2. The van der Waals surface area contributed by atoms with E-state index in [0.717, 1.165) is 25.9 Å². The molecule has 7 heteroatoms. The standard InChI is InChI=1S/C13H8Br2Cl2N2S/c14-8-3-4-10(12(17)11(8)16)19-6-1-2-7(13(18)20)9(15)5-6/h1-5,19H,(H2,18,20). The lowest BCUT2D eigenvalue weighted by Crippen LogP contribution is -2.10. The normalized spacial score (nSPS) is 10.4. The van der Waals surface area contributed by atoms with Gasteiger partial charge in [0.1, 0.15) is 4.99 Å². The van der Waals surface area contributed by atoms with Crippen LogP contribution >= 0.6 is 67.3 Å². The Bertz CT molecular complexity index is 692. The van der Waals surface area contributed by atoms with Gasteiger partial charge >= 0.3 is 0 Å². The second-order valence-electron chi connectivity index (χ2n) is 3.91. The number of nitrogens with two attached hydrogens (primary N) is 1. The van der Waals surface area contributed by atoms with Crippen LogP contribution in [0.15, 0.2) is 39.3 Å². The summed E-state index contributed by atoms with van der Waals surface area (Å²) in [6.07, 6.45) is 0. The van der Waals surface area contributed by atoms with Crippen molar-refractivity contribution in [2.24, 2.45) is 5.73 Å². The third kappa shape index (κ3) is 3.46. The van der Waals surface area contributed by atoms with Crippen LogP contribution < -0.4 is 11.1 Å². The molecule has 0 aliphatic rings. The van der Waals surface area contributed by atoms with Gasteiger partial charge in [-0.1, -0.05) is 35.4 Å². The van der Waals surface area contributed by atoms with E-state index in [-0.39, 0.29) is 0 Å². The van der Waals surface area contributed by atoms with Gasteiger partial charge in [-0.3, -0.25) is 0 Å². The van der Waals surface area contributed by atoms with Gasteiger partial charge in [-0.15, -0.1) is 0 Å². The van der Waals surface area contributed by atoms with Crippen molar-refractivity contribution in [3.05, 3.63) is 54.9 Å². The third-order valence-electron chi connectivity index (χ3n) is 2.55. The number of hydrogen-bond acceptors (Lipinski definition) is 2. The van der Waals surface area contributed by atoms with E-state index in [9.17, 15) is 0 Å². The summed E-state index contributed by atoms with van der Waals surface area (Å²) in [5.74, 6) is 0. The molecule has 2 aromatic carbocycles. The van der Waals surface area contributed by atoms with Crippen LogP contribution in [-0.2, 0) is 0 Å². The largest absolute Gasteiger partial charge is 0.389 e. The Labute approximate surface area is 148 Å².